The van der Waals surface area contributed by atoms with E-state index in [-0.39, 0.29) is 19.6 Å². The second kappa shape index (κ2) is 15.8. The lowest BCUT2D eigenvalue weighted by atomic mass is 9.85. The van der Waals surface area contributed by atoms with Gasteiger partial charge in [0.15, 0.2) is 0 Å². The van der Waals surface area contributed by atoms with Crippen molar-refractivity contribution in [2.24, 2.45) is 23.0 Å². The number of rotatable bonds is 14. The largest absolute Gasteiger partial charge is 0.466 e. The molecule has 13 nitrogen and oxygen atoms in total. The van der Waals surface area contributed by atoms with E-state index in [1.165, 1.54) is 12.3 Å². The summed E-state index contributed by atoms with van der Waals surface area (Å²) in [5, 5.41) is 7.27. The van der Waals surface area contributed by atoms with Gasteiger partial charge in [0.1, 0.15) is 30.5 Å². The van der Waals surface area contributed by atoms with Crippen LogP contribution in [0.25, 0.3) is 0 Å². The molecule has 5 N–H and O–H groups in total. The fraction of sp³-hybridized carbons (Fsp3) is 0.600. The van der Waals surface area contributed by atoms with Gasteiger partial charge in [-0.1, -0.05) is 40.7 Å². The van der Waals surface area contributed by atoms with E-state index in [9.17, 15) is 41.9 Å². The molecule has 1 aliphatic heterocycles. The van der Waals surface area contributed by atoms with Crippen molar-refractivity contribution in [3.05, 3.63) is 36.8 Å². The SMILES string of the molecule is C=C[C@@H]1C[C@@H](C(=O)NC(CCC(F)(F)F)C(=O)C(N)=O)N(C(=O)[C@@H](NC(=O)N[C@H](C(=O)OCc2ccco2)C(C)C)C(C)(C)C)C1. The molecule has 5 atom stereocenters. The normalized spacial score (nSPS) is 18.7. The molecule has 1 saturated heterocycles. The van der Waals surface area contributed by atoms with Crippen LogP contribution in [0.3, 0.4) is 0 Å². The predicted octanol–water partition coefficient (Wildman–Crippen LogP) is 2.35. The molecule has 1 aromatic rings. The molecule has 5 amide bonds. The Hall–Kier alpha value is -4.37. The smallest absolute Gasteiger partial charge is 0.389 e. The quantitative estimate of drug-likeness (QED) is 0.133. The number of nitrogens with one attached hydrogen (secondary N) is 3. The van der Waals surface area contributed by atoms with Crippen LogP contribution in [0.4, 0.5) is 18.0 Å². The van der Waals surface area contributed by atoms with Crippen molar-refractivity contribution in [2.45, 2.75) is 90.8 Å². The van der Waals surface area contributed by atoms with E-state index < -0.39 is 95.9 Å². The van der Waals surface area contributed by atoms with Gasteiger partial charge < -0.3 is 35.7 Å². The lowest BCUT2D eigenvalue weighted by molar-refractivity contribution is -0.149. The summed E-state index contributed by atoms with van der Waals surface area (Å²) < 4.78 is 49.0. The molecular formula is C30H42F3N5O8. The second-order valence-corrected chi connectivity index (χ2v) is 12.5. The van der Waals surface area contributed by atoms with Crippen molar-refractivity contribution in [3.63, 3.8) is 0 Å². The third-order valence-electron chi connectivity index (χ3n) is 7.38. The minimum Gasteiger partial charge on any atom is -0.466 e. The summed E-state index contributed by atoms with van der Waals surface area (Å²) in [7, 11) is 0. The van der Waals surface area contributed by atoms with Crippen LogP contribution in [0, 0.1) is 17.3 Å². The van der Waals surface area contributed by atoms with Gasteiger partial charge in [-0.25, -0.2) is 9.59 Å². The van der Waals surface area contributed by atoms with Gasteiger partial charge in [-0.3, -0.25) is 19.2 Å². The van der Waals surface area contributed by atoms with E-state index in [0.29, 0.717) is 5.76 Å². The number of furan rings is 1. The molecule has 1 unspecified atom stereocenters. The van der Waals surface area contributed by atoms with Crippen LogP contribution in [0.5, 0.6) is 0 Å². The van der Waals surface area contributed by atoms with Gasteiger partial charge >= 0.3 is 18.2 Å². The zero-order valence-corrected chi connectivity index (χ0v) is 26.4. The zero-order valence-electron chi connectivity index (χ0n) is 26.4. The third kappa shape index (κ3) is 10.9. The van der Waals surface area contributed by atoms with Crippen molar-refractivity contribution in [1.29, 1.82) is 0 Å². The van der Waals surface area contributed by atoms with E-state index in [1.54, 1.807) is 46.8 Å². The second-order valence-electron chi connectivity index (χ2n) is 12.5. The maximum Gasteiger partial charge on any atom is 0.389 e. The van der Waals surface area contributed by atoms with Gasteiger partial charge in [0, 0.05) is 13.0 Å². The molecular weight excluding hydrogens is 615 g/mol. The Balaban J connectivity index is 2.24. The van der Waals surface area contributed by atoms with Crippen LogP contribution in [0.1, 0.15) is 59.6 Å². The van der Waals surface area contributed by atoms with E-state index >= 15 is 0 Å². The molecule has 256 valence electrons. The molecule has 0 radical (unpaired) electrons. The summed E-state index contributed by atoms with van der Waals surface area (Å²) in [5.74, 6) is -5.79. The summed E-state index contributed by atoms with van der Waals surface area (Å²) in [6.45, 7) is 11.8. The number of ketones is 1. The first-order valence-electron chi connectivity index (χ1n) is 14.6. The van der Waals surface area contributed by atoms with Crippen molar-refractivity contribution in [1.82, 2.24) is 20.9 Å². The predicted molar refractivity (Wildman–Crippen MR) is 157 cm³/mol. The number of nitrogens with zero attached hydrogens (tertiary/aromatic N) is 1. The molecule has 0 spiro atoms. The number of alkyl halides is 3. The Morgan fingerprint density at radius 3 is 2.28 bits per heavy atom. The minimum absolute atomic E-state index is 0.0117. The van der Waals surface area contributed by atoms with E-state index in [4.69, 9.17) is 14.9 Å². The van der Waals surface area contributed by atoms with Crippen LogP contribution in [0.2, 0.25) is 0 Å². The highest BCUT2D eigenvalue weighted by atomic mass is 19.4. The Morgan fingerprint density at radius 2 is 1.78 bits per heavy atom. The fourth-order valence-corrected chi connectivity index (χ4v) is 4.80. The number of hydrogen-bond acceptors (Lipinski definition) is 8. The summed E-state index contributed by atoms with van der Waals surface area (Å²) in [4.78, 5) is 78.1. The minimum atomic E-state index is -4.68. The van der Waals surface area contributed by atoms with E-state index in [0.717, 1.165) is 4.90 Å². The van der Waals surface area contributed by atoms with Gasteiger partial charge in [0.05, 0.1) is 12.3 Å². The number of nitrogens with two attached hydrogens (primary N) is 1. The molecule has 2 heterocycles. The number of hydrogen-bond donors (Lipinski definition) is 4. The number of esters is 1. The van der Waals surface area contributed by atoms with Gasteiger partial charge in [-0.2, -0.15) is 13.2 Å². The van der Waals surface area contributed by atoms with Crippen LogP contribution in [-0.4, -0.2) is 77.3 Å². The molecule has 0 aromatic carbocycles. The average Bonchev–Trinajstić information content (AvgIpc) is 3.63. The molecule has 1 fully saturated rings. The maximum absolute atomic E-state index is 14.0. The third-order valence-corrected chi connectivity index (χ3v) is 7.38. The average molecular weight is 658 g/mol. The Labute approximate surface area is 264 Å². The highest BCUT2D eigenvalue weighted by Gasteiger charge is 2.45. The first-order valence-corrected chi connectivity index (χ1v) is 14.6. The Kier molecular flexibility index (Phi) is 13.0. The molecule has 0 saturated carbocycles. The first kappa shape index (κ1) is 37.8. The molecule has 1 aromatic heterocycles. The van der Waals surface area contributed by atoms with Crippen molar-refractivity contribution in [2.75, 3.05) is 6.54 Å². The standard InChI is InChI=1S/C30H42F3N5O8/c1-7-17-13-20(25(41)35-19(22(39)24(34)40)10-11-30(31,32)33)38(14-17)26(42)23(29(4,5)6)37-28(44)36-21(16(2)3)27(43)46-15-18-9-8-12-45-18/h7-9,12,16-17,19-21,23H,1,10-11,13-15H2,2-6H3,(H2,34,40)(H,35,41)(H2,36,37,44)/t17-,19?,20+,21+,23-/m1/s1. The van der Waals surface area contributed by atoms with E-state index in [2.05, 4.69) is 22.5 Å². The van der Waals surface area contributed by atoms with Crippen molar-refractivity contribution < 1.29 is 51.1 Å². The number of primary amides is 1. The van der Waals surface area contributed by atoms with E-state index in [1.807, 2.05) is 0 Å². The monoisotopic (exact) mass is 657 g/mol. The van der Waals surface area contributed by atoms with Crippen molar-refractivity contribution >= 4 is 35.5 Å². The van der Waals surface area contributed by atoms with Gasteiger partial charge in [0.2, 0.25) is 17.6 Å². The lowest BCUT2D eigenvalue weighted by Gasteiger charge is -2.36. The number of carbonyl (C=O) groups is 6. The number of amides is 5. The summed E-state index contributed by atoms with van der Waals surface area (Å²) in [6, 6.07) is -3.14. The fourth-order valence-electron chi connectivity index (χ4n) is 4.80. The highest BCUT2D eigenvalue weighted by Crippen LogP contribution is 2.30. The molecule has 16 heteroatoms. The molecule has 1 aliphatic rings. The number of ether oxygens (including phenoxy) is 1. The van der Waals surface area contributed by atoms with Gasteiger partial charge in [0.25, 0.3) is 5.91 Å². The number of carbonyl (C=O) groups excluding carboxylic acids is 6. The molecule has 46 heavy (non-hydrogen) atoms. The van der Waals surface area contributed by atoms with Crippen LogP contribution < -0.4 is 21.7 Å². The summed E-state index contributed by atoms with van der Waals surface area (Å²) >= 11 is 0. The van der Waals surface area contributed by atoms with Gasteiger partial charge in [-0.15, -0.1) is 6.58 Å². The molecule has 0 bridgehead atoms. The number of urea groups is 1. The van der Waals surface area contributed by atoms with Crippen LogP contribution in [-0.2, 0) is 35.3 Å². The zero-order chi connectivity index (χ0) is 35.0. The summed E-state index contributed by atoms with van der Waals surface area (Å²) in [6.07, 6.45) is -4.17. The van der Waals surface area contributed by atoms with Crippen molar-refractivity contribution in [3.8, 4) is 0 Å². The first-order chi connectivity index (χ1) is 21.2. The highest BCUT2D eigenvalue weighted by molar-refractivity contribution is 6.37. The number of halogens is 3. The molecule has 0 aliphatic carbocycles. The Morgan fingerprint density at radius 1 is 1.13 bits per heavy atom. The van der Waals surface area contributed by atoms with Crippen LogP contribution >= 0.6 is 0 Å². The summed E-state index contributed by atoms with van der Waals surface area (Å²) in [5.41, 5.74) is 4.05. The lowest BCUT2D eigenvalue weighted by Crippen LogP contribution is -2.61. The number of likely N-dealkylation sites (tertiary alicyclic amines) is 1. The maximum atomic E-state index is 14.0. The Bertz CT molecular complexity index is 1280. The number of Topliss-reactive ketones (excluding diaryl/α,β-unsaturated/α-hetero) is 1. The van der Waals surface area contributed by atoms with Crippen LogP contribution in [0.15, 0.2) is 35.5 Å². The topological polar surface area (TPSA) is 190 Å². The van der Waals surface area contributed by atoms with Gasteiger partial charge in [-0.05, 0) is 42.2 Å². The molecule has 2 rings (SSSR count).